The molecule has 1 aromatic heterocycles. The molecule has 0 bridgehead atoms. The Bertz CT molecular complexity index is 595. The molecule has 0 saturated carbocycles. The Labute approximate surface area is 130 Å². The highest BCUT2D eigenvalue weighted by Gasteiger charge is 2.48. The van der Waals surface area contributed by atoms with Crippen molar-refractivity contribution in [3.63, 3.8) is 0 Å². The summed E-state index contributed by atoms with van der Waals surface area (Å²) < 4.78 is 10.5. The van der Waals surface area contributed by atoms with Gasteiger partial charge in [-0.25, -0.2) is 0 Å². The Morgan fingerprint density at radius 3 is 2.82 bits per heavy atom. The molecule has 6 heteroatoms. The number of fused-ring (bicyclic) bond motifs is 1. The Balaban J connectivity index is 1.77. The fraction of sp³-hybridized carbons (Fsp3) is 0.625. The van der Waals surface area contributed by atoms with Gasteiger partial charge in [0, 0.05) is 26.6 Å². The highest BCUT2D eigenvalue weighted by atomic mass is 16.5. The number of carbonyl (C=O) groups is 2. The molecule has 1 aromatic rings. The van der Waals surface area contributed by atoms with Gasteiger partial charge in [-0.1, -0.05) is 0 Å². The molecule has 120 valence electrons. The number of furan rings is 1. The number of hydrogen-bond donors (Lipinski definition) is 0. The molecule has 0 N–H and O–H groups in total. The quantitative estimate of drug-likeness (QED) is 0.842. The van der Waals surface area contributed by atoms with Crippen molar-refractivity contribution in [1.29, 1.82) is 0 Å². The van der Waals surface area contributed by atoms with Crippen molar-refractivity contribution in [3.05, 3.63) is 23.2 Å². The van der Waals surface area contributed by atoms with Crippen LogP contribution in [0.15, 0.2) is 10.5 Å². The third-order valence-electron chi connectivity index (χ3n) is 4.68. The van der Waals surface area contributed by atoms with Crippen molar-refractivity contribution in [2.45, 2.75) is 38.8 Å². The van der Waals surface area contributed by atoms with Crippen LogP contribution in [0.2, 0.25) is 0 Å². The minimum absolute atomic E-state index is 0.0218. The van der Waals surface area contributed by atoms with Gasteiger partial charge >= 0.3 is 0 Å². The Kier molecular flexibility index (Phi) is 3.95. The summed E-state index contributed by atoms with van der Waals surface area (Å²) in [7, 11) is 1.63. The van der Waals surface area contributed by atoms with E-state index in [0.717, 1.165) is 12.2 Å². The lowest BCUT2D eigenvalue weighted by Gasteiger charge is -2.25. The summed E-state index contributed by atoms with van der Waals surface area (Å²) in [6.07, 6.45) is 1.25. The second-order valence-corrected chi connectivity index (χ2v) is 6.03. The van der Waals surface area contributed by atoms with Gasteiger partial charge in [-0.15, -0.1) is 0 Å². The number of nitrogens with zero attached hydrogens (tertiary/aromatic N) is 2. The Morgan fingerprint density at radius 2 is 2.18 bits per heavy atom. The number of hydrogen-bond acceptors (Lipinski definition) is 4. The summed E-state index contributed by atoms with van der Waals surface area (Å²) in [5, 5.41) is 0. The lowest BCUT2D eigenvalue weighted by Crippen LogP contribution is -2.40. The number of carbonyl (C=O) groups excluding carboxylic acids is 2. The molecule has 2 atom stereocenters. The minimum atomic E-state index is -0.0248. The van der Waals surface area contributed by atoms with Crippen LogP contribution in [-0.4, -0.2) is 60.5 Å². The second kappa shape index (κ2) is 5.76. The van der Waals surface area contributed by atoms with E-state index < -0.39 is 0 Å². The molecule has 0 unspecified atom stereocenters. The monoisotopic (exact) mass is 306 g/mol. The van der Waals surface area contributed by atoms with Crippen molar-refractivity contribution in [1.82, 2.24) is 9.80 Å². The molecule has 3 rings (SSSR count). The van der Waals surface area contributed by atoms with Crippen LogP contribution in [0.5, 0.6) is 0 Å². The van der Waals surface area contributed by atoms with Crippen molar-refractivity contribution in [2.24, 2.45) is 0 Å². The predicted molar refractivity (Wildman–Crippen MR) is 79.6 cm³/mol. The van der Waals surface area contributed by atoms with Crippen LogP contribution in [0.25, 0.3) is 0 Å². The van der Waals surface area contributed by atoms with Gasteiger partial charge in [-0.3, -0.25) is 9.59 Å². The third kappa shape index (κ3) is 2.41. The zero-order chi connectivity index (χ0) is 15.9. The number of amides is 2. The molecule has 2 fully saturated rings. The normalized spacial score (nSPS) is 24.2. The van der Waals surface area contributed by atoms with Crippen molar-refractivity contribution < 1.29 is 18.7 Å². The maximum atomic E-state index is 12.8. The minimum Gasteiger partial charge on any atom is -0.466 e. The highest BCUT2D eigenvalue weighted by Crippen LogP contribution is 2.33. The van der Waals surface area contributed by atoms with Crippen LogP contribution in [0.4, 0.5) is 0 Å². The van der Waals surface area contributed by atoms with Crippen LogP contribution in [0.1, 0.15) is 34.7 Å². The molecule has 0 radical (unpaired) electrons. The molecule has 0 aromatic carbocycles. The first-order valence-corrected chi connectivity index (χ1v) is 7.69. The summed E-state index contributed by atoms with van der Waals surface area (Å²) >= 11 is 0. The van der Waals surface area contributed by atoms with Crippen molar-refractivity contribution >= 4 is 11.8 Å². The van der Waals surface area contributed by atoms with Gasteiger partial charge in [0.15, 0.2) is 0 Å². The highest BCUT2D eigenvalue weighted by molar-refractivity contribution is 5.96. The molecule has 6 nitrogen and oxygen atoms in total. The number of ether oxygens (including phenoxy) is 1. The van der Waals surface area contributed by atoms with Crippen LogP contribution in [0.3, 0.4) is 0 Å². The number of likely N-dealkylation sites (tertiary alicyclic amines) is 2. The van der Waals surface area contributed by atoms with Crippen LogP contribution < -0.4 is 0 Å². The van der Waals surface area contributed by atoms with E-state index >= 15 is 0 Å². The van der Waals surface area contributed by atoms with Gasteiger partial charge in [0.1, 0.15) is 11.5 Å². The largest absolute Gasteiger partial charge is 0.466 e. The number of methoxy groups -OCH3 is 1. The molecular weight excluding hydrogens is 284 g/mol. The lowest BCUT2D eigenvalue weighted by atomic mass is 10.1. The Morgan fingerprint density at radius 1 is 1.41 bits per heavy atom. The van der Waals surface area contributed by atoms with Gasteiger partial charge in [0.25, 0.3) is 5.91 Å². The number of aryl methyl sites for hydroxylation is 2. The topological polar surface area (TPSA) is 63.0 Å². The van der Waals surface area contributed by atoms with E-state index in [9.17, 15) is 9.59 Å². The van der Waals surface area contributed by atoms with Gasteiger partial charge in [0.2, 0.25) is 5.91 Å². The van der Waals surface area contributed by atoms with Crippen LogP contribution >= 0.6 is 0 Å². The average molecular weight is 306 g/mol. The van der Waals surface area contributed by atoms with Gasteiger partial charge in [-0.2, -0.15) is 0 Å². The molecule has 2 aliphatic rings. The van der Waals surface area contributed by atoms with Crippen molar-refractivity contribution in [2.75, 3.05) is 26.8 Å². The maximum absolute atomic E-state index is 12.8. The summed E-state index contributed by atoms with van der Waals surface area (Å²) in [6, 6.07) is 1.89. The zero-order valence-electron chi connectivity index (χ0n) is 13.3. The third-order valence-corrected chi connectivity index (χ3v) is 4.68. The standard InChI is InChI=1S/C16H22N2O4/c1-10-8-12(11(2)22-10)16(20)18-5-4-13-14(18)9-15(19)17(13)6-7-21-3/h8,13-14H,4-7,9H2,1-3H3/t13-,14-/m1/s1. The van der Waals surface area contributed by atoms with E-state index in [-0.39, 0.29) is 23.9 Å². The SMILES string of the molecule is COCCN1C(=O)C[C@@H]2[C@H]1CCN2C(=O)c1cc(C)oc1C. The van der Waals surface area contributed by atoms with E-state index in [1.54, 1.807) is 20.1 Å². The first-order valence-electron chi connectivity index (χ1n) is 7.69. The summed E-state index contributed by atoms with van der Waals surface area (Å²) in [6.45, 7) is 5.46. The van der Waals surface area contributed by atoms with Crippen LogP contribution in [0, 0.1) is 13.8 Å². The van der Waals surface area contributed by atoms with Crippen molar-refractivity contribution in [3.8, 4) is 0 Å². The van der Waals surface area contributed by atoms with E-state index in [1.807, 2.05) is 16.7 Å². The van der Waals surface area contributed by atoms with Gasteiger partial charge in [-0.05, 0) is 26.3 Å². The number of rotatable bonds is 4. The molecule has 0 aliphatic carbocycles. The average Bonchev–Trinajstić information content (AvgIpc) is 3.10. The fourth-order valence-corrected chi connectivity index (χ4v) is 3.66. The van der Waals surface area contributed by atoms with Gasteiger partial charge < -0.3 is 19.0 Å². The maximum Gasteiger partial charge on any atom is 0.257 e. The zero-order valence-corrected chi connectivity index (χ0v) is 13.3. The lowest BCUT2D eigenvalue weighted by molar-refractivity contribution is -0.129. The first-order chi connectivity index (χ1) is 10.5. The van der Waals surface area contributed by atoms with E-state index in [1.165, 1.54) is 0 Å². The molecule has 2 saturated heterocycles. The predicted octanol–water partition coefficient (Wildman–Crippen LogP) is 1.36. The molecule has 3 heterocycles. The van der Waals surface area contributed by atoms with E-state index in [0.29, 0.717) is 37.4 Å². The molecular formula is C16H22N2O4. The Hall–Kier alpha value is -1.82. The molecule has 2 aliphatic heterocycles. The summed E-state index contributed by atoms with van der Waals surface area (Å²) in [5.41, 5.74) is 0.612. The molecule has 2 amide bonds. The van der Waals surface area contributed by atoms with E-state index in [2.05, 4.69) is 0 Å². The van der Waals surface area contributed by atoms with Crippen LogP contribution in [-0.2, 0) is 9.53 Å². The van der Waals surface area contributed by atoms with E-state index in [4.69, 9.17) is 9.15 Å². The smallest absolute Gasteiger partial charge is 0.257 e. The molecule has 0 spiro atoms. The fourth-order valence-electron chi connectivity index (χ4n) is 3.66. The summed E-state index contributed by atoms with van der Waals surface area (Å²) in [4.78, 5) is 28.7. The second-order valence-electron chi connectivity index (χ2n) is 6.03. The summed E-state index contributed by atoms with van der Waals surface area (Å²) in [5.74, 6) is 1.47. The van der Waals surface area contributed by atoms with Gasteiger partial charge in [0.05, 0.1) is 24.3 Å². The first kappa shape index (κ1) is 15.1. The molecule has 22 heavy (non-hydrogen) atoms.